The normalized spacial score (nSPS) is 16.3. The van der Waals surface area contributed by atoms with Gasteiger partial charge in [0.05, 0.1) is 13.2 Å². The summed E-state index contributed by atoms with van der Waals surface area (Å²) in [5.74, 6) is 1.85. The van der Waals surface area contributed by atoms with Gasteiger partial charge in [-0.05, 0) is 20.8 Å². The van der Waals surface area contributed by atoms with Crippen LogP contribution in [0, 0.1) is 0 Å². The first-order chi connectivity index (χ1) is 8.98. The minimum Gasteiger partial charge on any atom is -0.378 e. The van der Waals surface area contributed by atoms with E-state index in [0.29, 0.717) is 31.1 Å². The van der Waals surface area contributed by atoms with Crippen LogP contribution >= 0.6 is 0 Å². The first-order valence-corrected chi connectivity index (χ1v) is 6.53. The zero-order valence-electron chi connectivity index (χ0n) is 12.0. The van der Waals surface area contributed by atoms with Crippen LogP contribution in [0.15, 0.2) is 0 Å². The van der Waals surface area contributed by atoms with Gasteiger partial charge < -0.3 is 20.3 Å². The largest absolute Gasteiger partial charge is 0.378 e. The summed E-state index contributed by atoms with van der Waals surface area (Å²) in [6.07, 6.45) is 0. The van der Waals surface area contributed by atoms with Crippen molar-refractivity contribution >= 4 is 17.8 Å². The molecule has 1 aromatic heterocycles. The maximum Gasteiger partial charge on any atom is 0.232 e. The minimum absolute atomic E-state index is 0.0886. The second-order valence-corrected chi connectivity index (χ2v) is 5.51. The Kier molecular flexibility index (Phi) is 4.04. The quantitative estimate of drug-likeness (QED) is 0.844. The molecule has 1 saturated heterocycles. The third kappa shape index (κ3) is 3.92. The molecule has 0 unspecified atom stereocenters. The minimum atomic E-state index is -0.0886. The van der Waals surface area contributed by atoms with Crippen LogP contribution in [-0.2, 0) is 4.74 Å². The summed E-state index contributed by atoms with van der Waals surface area (Å²) < 4.78 is 5.34. The van der Waals surface area contributed by atoms with E-state index in [4.69, 9.17) is 4.74 Å². The molecule has 0 saturated carbocycles. The lowest BCUT2D eigenvalue weighted by atomic mass is 10.1. The number of hydrogen-bond acceptors (Lipinski definition) is 7. The number of ether oxygens (including phenoxy) is 1. The lowest BCUT2D eigenvalue weighted by Crippen LogP contribution is -2.38. The topological polar surface area (TPSA) is 75.2 Å². The van der Waals surface area contributed by atoms with Crippen molar-refractivity contribution < 1.29 is 4.74 Å². The highest BCUT2D eigenvalue weighted by Crippen LogP contribution is 2.17. The molecule has 19 heavy (non-hydrogen) atoms. The van der Waals surface area contributed by atoms with Crippen molar-refractivity contribution in [3.05, 3.63) is 0 Å². The highest BCUT2D eigenvalue weighted by Gasteiger charge is 2.18. The molecular weight excluding hydrogens is 244 g/mol. The smallest absolute Gasteiger partial charge is 0.232 e. The summed E-state index contributed by atoms with van der Waals surface area (Å²) in [5, 5.41) is 6.25. The summed E-state index contributed by atoms with van der Waals surface area (Å²) in [5.41, 5.74) is -0.0886. The second kappa shape index (κ2) is 5.56. The molecule has 0 spiro atoms. The zero-order valence-corrected chi connectivity index (χ0v) is 12.0. The first kappa shape index (κ1) is 13.8. The van der Waals surface area contributed by atoms with Crippen molar-refractivity contribution in [2.75, 3.05) is 48.9 Å². The highest BCUT2D eigenvalue weighted by atomic mass is 16.5. The Bertz CT molecular complexity index is 425. The molecule has 1 aromatic rings. The van der Waals surface area contributed by atoms with Crippen LogP contribution in [-0.4, -0.2) is 53.8 Å². The van der Waals surface area contributed by atoms with E-state index in [1.165, 1.54) is 0 Å². The van der Waals surface area contributed by atoms with Gasteiger partial charge >= 0.3 is 0 Å². The van der Waals surface area contributed by atoms with Crippen molar-refractivity contribution in [3.63, 3.8) is 0 Å². The Morgan fingerprint density at radius 1 is 1.05 bits per heavy atom. The van der Waals surface area contributed by atoms with Crippen molar-refractivity contribution in [1.82, 2.24) is 15.0 Å². The van der Waals surface area contributed by atoms with Gasteiger partial charge in [-0.2, -0.15) is 15.0 Å². The number of hydrogen-bond donors (Lipinski definition) is 2. The number of aromatic nitrogens is 3. The molecule has 7 nitrogen and oxygen atoms in total. The molecule has 2 heterocycles. The van der Waals surface area contributed by atoms with E-state index < -0.39 is 0 Å². The van der Waals surface area contributed by atoms with Crippen molar-refractivity contribution in [2.24, 2.45) is 0 Å². The van der Waals surface area contributed by atoms with Gasteiger partial charge in [0.1, 0.15) is 0 Å². The maximum atomic E-state index is 5.34. The molecule has 0 radical (unpaired) electrons. The standard InChI is InChI=1S/C12H22N6O/c1-12(2,3)17-10-14-9(13-4)15-11(16-10)18-5-7-19-8-6-18/h5-8H2,1-4H3,(H2,13,14,15,16,17). The van der Waals surface area contributed by atoms with Gasteiger partial charge in [0.15, 0.2) is 0 Å². The fraction of sp³-hybridized carbons (Fsp3) is 0.750. The molecule has 0 atom stereocenters. The van der Waals surface area contributed by atoms with E-state index >= 15 is 0 Å². The number of anilines is 3. The van der Waals surface area contributed by atoms with Crippen molar-refractivity contribution in [3.8, 4) is 0 Å². The molecule has 106 valence electrons. The van der Waals surface area contributed by atoms with E-state index in [9.17, 15) is 0 Å². The molecule has 0 bridgehead atoms. The predicted octanol–water partition coefficient (Wildman–Crippen LogP) is 0.960. The van der Waals surface area contributed by atoms with Crippen LogP contribution in [0.3, 0.4) is 0 Å². The van der Waals surface area contributed by atoms with Gasteiger partial charge in [0, 0.05) is 25.7 Å². The van der Waals surface area contributed by atoms with E-state index in [2.05, 4.69) is 51.3 Å². The average molecular weight is 266 g/mol. The van der Waals surface area contributed by atoms with Crippen LogP contribution in [0.1, 0.15) is 20.8 Å². The van der Waals surface area contributed by atoms with Crippen molar-refractivity contribution in [2.45, 2.75) is 26.3 Å². The molecule has 2 rings (SSSR count). The number of nitrogens with zero attached hydrogens (tertiary/aromatic N) is 4. The Hall–Kier alpha value is -1.63. The van der Waals surface area contributed by atoms with Crippen LogP contribution in [0.4, 0.5) is 17.8 Å². The highest BCUT2D eigenvalue weighted by molar-refractivity contribution is 5.44. The van der Waals surface area contributed by atoms with Gasteiger partial charge in [-0.15, -0.1) is 0 Å². The van der Waals surface area contributed by atoms with Crippen LogP contribution in [0.5, 0.6) is 0 Å². The molecule has 1 aliphatic rings. The SMILES string of the molecule is CNc1nc(NC(C)(C)C)nc(N2CCOCC2)n1. The van der Waals surface area contributed by atoms with E-state index in [1.54, 1.807) is 7.05 Å². The maximum absolute atomic E-state index is 5.34. The molecule has 1 fully saturated rings. The number of nitrogens with one attached hydrogen (secondary N) is 2. The molecule has 0 aromatic carbocycles. The average Bonchev–Trinajstić information content (AvgIpc) is 2.37. The van der Waals surface area contributed by atoms with Crippen LogP contribution in [0.2, 0.25) is 0 Å². The second-order valence-electron chi connectivity index (χ2n) is 5.51. The molecule has 1 aliphatic heterocycles. The first-order valence-electron chi connectivity index (χ1n) is 6.53. The Morgan fingerprint density at radius 2 is 1.68 bits per heavy atom. The van der Waals surface area contributed by atoms with Gasteiger partial charge in [0.2, 0.25) is 17.8 Å². The molecular formula is C12H22N6O. The van der Waals surface area contributed by atoms with Gasteiger partial charge in [-0.1, -0.05) is 0 Å². The molecule has 0 amide bonds. The Balaban J connectivity index is 2.24. The third-order valence-electron chi connectivity index (χ3n) is 2.63. The Labute approximate surface area is 113 Å². The monoisotopic (exact) mass is 266 g/mol. The lowest BCUT2D eigenvalue weighted by Gasteiger charge is -2.28. The summed E-state index contributed by atoms with van der Waals surface area (Å²) in [6.45, 7) is 9.26. The van der Waals surface area contributed by atoms with Gasteiger partial charge in [0.25, 0.3) is 0 Å². The summed E-state index contributed by atoms with van der Waals surface area (Å²) in [4.78, 5) is 15.3. The lowest BCUT2D eigenvalue weighted by molar-refractivity contribution is 0.122. The fourth-order valence-corrected chi connectivity index (χ4v) is 1.77. The van der Waals surface area contributed by atoms with Crippen molar-refractivity contribution in [1.29, 1.82) is 0 Å². The van der Waals surface area contributed by atoms with E-state index in [0.717, 1.165) is 13.1 Å². The molecule has 7 heteroatoms. The van der Waals surface area contributed by atoms with Gasteiger partial charge in [-0.25, -0.2) is 0 Å². The molecule has 0 aliphatic carbocycles. The van der Waals surface area contributed by atoms with E-state index in [-0.39, 0.29) is 5.54 Å². The fourth-order valence-electron chi connectivity index (χ4n) is 1.77. The van der Waals surface area contributed by atoms with Crippen LogP contribution in [0.25, 0.3) is 0 Å². The third-order valence-corrected chi connectivity index (χ3v) is 2.63. The summed E-state index contributed by atoms with van der Waals surface area (Å²) in [7, 11) is 1.80. The zero-order chi connectivity index (χ0) is 13.9. The summed E-state index contributed by atoms with van der Waals surface area (Å²) >= 11 is 0. The number of morpholine rings is 1. The molecule has 2 N–H and O–H groups in total. The Morgan fingerprint density at radius 3 is 2.26 bits per heavy atom. The summed E-state index contributed by atoms with van der Waals surface area (Å²) in [6, 6.07) is 0. The number of rotatable bonds is 3. The van der Waals surface area contributed by atoms with Gasteiger partial charge in [-0.3, -0.25) is 0 Å². The van der Waals surface area contributed by atoms with E-state index in [1.807, 2.05) is 0 Å². The predicted molar refractivity (Wildman–Crippen MR) is 75.8 cm³/mol. The van der Waals surface area contributed by atoms with Crippen LogP contribution < -0.4 is 15.5 Å².